The lowest BCUT2D eigenvalue weighted by molar-refractivity contribution is -0.122. The first-order chi connectivity index (χ1) is 12.9. The highest BCUT2D eigenvalue weighted by Crippen LogP contribution is 2.17. The molecule has 1 amide bonds. The predicted molar refractivity (Wildman–Crippen MR) is 107 cm³/mol. The van der Waals surface area contributed by atoms with E-state index in [2.05, 4.69) is 5.32 Å². The van der Waals surface area contributed by atoms with Gasteiger partial charge in [-0.3, -0.25) is 4.79 Å². The van der Waals surface area contributed by atoms with Gasteiger partial charge in [0.15, 0.2) is 0 Å². The van der Waals surface area contributed by atoms with Gasteiger partial charge in [0.25, 0.3) is 0 Å². The summed E-state index contributed by atoms with van der Waals surface area (Å²) in [6.45, 7) is 0.560. The first-order valence-corrected chi connectivity index (χ1v) is 11.6. The van der Waals surface area contributed by atoms with E-state index in [0.717, 1.165) is 37.0 Å². The minimum atomic E-state index is -3.36. The maximum Gasteiger partial charge on any atom is 0.221 e. The third-order valence-corrected chi connectivity index (χ3v) is 6.36. The van der Waals surface area contributed by atoms with Gasteiger partial charge in [-0.25, -0.2) is 12.7 Å². The molecule has 152 valence electrons. The molecule has 0 radical (unpaired) electrons. The van der Waals surface area contributed by atoms with Crippen LogP contribution in [0.25, 0.3) is 0 Å². The van der Waals surface area contributed by atoms with E-state index in [1.807, 2.05) is 24.3 Å². The zero-order valence-corrected chi connectivity index (χ0v) is 17.3. The number of methoxy groups -OCH3 is 1. The molecule has 1 aromatic carbocycles. The van der Waals surface area contributed by atoms with Crippen LogP contribution in [-0.2, 0) is 21.2 Å². The second kappa shape index (κ2) is 10.7. The molecule has 0 spiro atoms. The number of nitrogens with zero attached hydrogens (tertiary/aromatic N) is 1. The van der Waals surface area contributed by atoms with Gasteiger partial charge in [0.2, 0.25) is 15.9 Å². The van der Waals surface area contributed by atoms with E-state index >= 15 is 0 Å². The largest absolute Gasteiger partial charge is 0.497 e. The fourth-order valence-corrected chi connectivity index (χ4v) is 4.32. The lowest BCUT2D eigenvalue weighted by Crippen LogP contribution is -2.39. The molecular weight excluding hydrogens is 364 g/mol. The summed E-state index contributed by atoms with van der Waals surface area (Å²) < 4.78 is 30.8. The molecular formula is C20H32N2O4S. The number of sulfonamides is 1. The molecule has 0 atom stereocenters. The molecule has 6 nitrogen and oxygen atoms in total. The van der Waals surface area contributed by atoms with Crippen molar-refractivity contribution in [3.63, 3.8) is 0 Å². The molecule has 0 bridgehead atoms. The summed E-state index contributed by atoms with van der Waals surface area (Å²) >= 11 is 0. The molecule has 0 saturated heterocycles. The van der Waals surface area contributed by atoms with Crippen LogP contribution in [0.1, 0.15) is 50.5 Å². The maximum atomic E-state index is 12.3. The Hall–Kier alpha value is -1.60. The van der Waals surface area contributed by atoms with E-state index in [1.54, 1.807) is 7.11 Å². The van der Waals surface area contributed by atoms with Gasteiger partial charge in [-0.2, -0.15) is 0 Å². The number of hydrogen-bond donors (Lipinski definition) is 1. The van der Waals surface area contributed by atoms with Gasteiger partial charge >= 0.3 is 0 Å². The molecule has 7 heteroatoms. The van der Waals surface area contributed by atoms with Crippen LogP contribution in [0.5, 0.6) is 5.75 Å². The number of hydrogen-bond acceptors (Lipinski definition) is 4. The second-order valence-electron chi connectivity index (χ2n) is 7.27. The second-order valence-corrected chi connectivity index (χ2v) is 9.25. The van der Waals surface area contributed by atoms with Crippen molar-refractivity contribution in [3.05, 3.63) is 29.8 Å². The Bertz CT molecular complexity index is 698. The number of benzene rings is 1. The Labute approximate surface area is 163 Å². The molecule has 1 saturated carbocycles. The van der Waals surface area contributed by atoms with E-state index in [-0.39, 0.29) is 24.9 Å². The summed E-state index contributed by atoms with van der Waals surface area (Å²) in [4.78, 5) is 12.3. The van der Waals surface area contributed by atoms with Gasteiger partial charge in [0.1, 0.15) is 5.75 Å². The highest BCUT2D eigenvalue weighted by molar-refractivity contribution is 7.88. The monoisotopic (exact) mass is 396 g/mol. The van der Waals surface area contributed by atoms with Crippen LogP contribution in [-0.4, -0.2) is 51.1 Å². The summed E-state index contributed by atoms with van der Waals surface area (Å²) in [7, 11) is -1.76. The molecule has 0 heterocycles. The van der Waals surface area contributed by atoms with Gasteiger partial charge in [-0.15, -0.1) is 0 Å². The fraction of sp³-hybridized carbons (Fsp3) is 0.650. The van der Waals surface area contributed by atoms with Crippen molar-refractivity contribution >= 4 is 15.9 Å². The number of carbonyl (C=O) groups is 1. The average Bonchev–Trinajstić information content (AvgIpc) is 2.89. The van der Waals surface area contributed by atoms with Crippen molar-refractivity contribution in [1.29, 1.82) is 0 Å². The van der Waals surface area contributed by atoms with E-state index in [1.165, 1.54) is 23.4 Å². The Kier molecular flexibility index (Phi) is 8.57. The SMILES string of the molecule is COc1cccc(CCN(CCC(=O)NC2CCCCCC2)S(C)(=O)=O)c1. The fourth-order valence-electron chi connectivity index (χ4n) is 3.48. The molecule has 1 aromatic rings. The number of carbonyl (C=O) groups excluding carboxylic acids is 1. The van der Waals surface area contributed by atoms with Crippen molar-refractivity contribution in [3.8, 4) is 5.75 Å². The van der Waals surface area contributed by atoms with Crippen LogP contribution < -0.4 is 10.1 Å². The van der Waals surface area contributed by atoms with Crippen LogP contribution in [0.15, 0.2) is 24.3 Å². The van der Waals surface area contributed by atoms with Crippen LogP contribution in [0, 0.1) is 0 Å². The first kappa shape index (κ1) is 21.7. The van der Waals surface area contributed by atoms with Gasteiger partial charge in [0, 0.05) is 25.6 Å². The lowest BCUT2D eigenvalue weighted by atomic mass is 10.1. The smallest absolute Gasteiger partial charge is 0.221 e. The highest BCUT2D eigenvalue weighted by Gasteiger charge is 2.19. The Morgan fingerprint density at radius 1 is 1.19 bits per heavy atom. The Morgan fingerprint density at radius 2 is 1.89 bits per heavy atom. The third kappa shape index (κ3) is 7.89. The van der Waals surface area contributed by atoms with Crippen LogP contribution >= 0.6 is 0 Å². The highest BCUT2D eigenvalue weighted by atomic mass is 32.2. The number of amides is 1. The molecule has 2 rings (SSSR count). The molecule has 1 aliphatic rings. The minimum Gasteiger partial charge on any atom is -0.497 e. The van der Waals surface area contributed by atoms with Crippen LogP contribution in [0.4, 0.5) is 0 Å². The van der Waals surface area contributed by atoms with Crippen LogP contribution in [0.2, 0.25) is 0 Å². The molecule has 0 unspecified atom stereocenters. The van der Waals surface area contributed by atoms with Gasteiger partial charge < -0.3 is 10.1 Å². The van der Waals surface area contributed by atoms with E-state index in [4.69, 9.17) is 4.74 Å². The molecule has 0 aliphatic heterocycles. The van der Waals surface area contributed by atoms with Crippen molar-refractivity contribution in [2.24, 2.45) is 0 Å². The Balaban J connectivity index is 1.85. The van der Waals surface area contributed by atoms with E-state index in [9.17, 15) is 13.2 Å². The number of ether oxygens (including phenoxy) is 1. The topological polar surface area (TPSA) is 75.7 Å². The summed E-state index contributed by atoms with van der Waals surface area (Å²) in [6.07, 6.45) is 8.80. The zero-order chi connectivity index (χ0) is 19.7. The molecule has 1 aliphatic carbocycles. The normalized spacial score (nSPS) is 16.1. The molecule has 0 aromatic heterocycles. The lowest BCUT2D eigenvalue weighted by Gasteiger charge is -2.21. The zero-order valence-electron chi connectivity index (χ0n) is 16.4. The Morgan fingerprint density at radius 3 is 2.52 bits per heavy atom. The third-order valence-electron chi connectivity index (χ3n) is 5.06. The molecule has 1 N–H and O–H groups in total. The summed E-state index contributed by atoms with van der Waals surface area (Å²) in [6, 6.07) is 7.83. The summed E-state index contributed by atoms with van der Waals surface area (Å²) in [5.74, 6) is 0.693. The van der Waals surface area contributed by atoms with Crippen molar-refractivity contribution < 1.29 is 17.9 Å². The minimum absolute atomic E-state index is 0.0584. The molecule has 1 fully saturated rings. The van der Waals surface area contributed by atoms with E-state index in [0.29, 0.717) is 13.0 Å². The quantitative estimate of drug-likeness (QED) is 0.651. The number of nitrogens with one attached hydrogen (secondary N) is 1. The van der Waals surface area contributed by atoms with Gasteiger partial charge in [-0.05, 0) is 37.0 Å². The van der Waals surface area contributed by atoms with Crippen molar-refractivity contribution in [1.82, 2.24) is 9.62 Å². The summed E-state index contributed by atoms with van der Waals surface area (Å²) in [5, 5.41) is 3.08. The van der Waals surface area contributed by atoms with Crippen molar-refractivity contribution in [2.45, 2.75) is 57.4 Å². The molecule has 27 heavy (non-hydrogen) atoms. The van der Waals surface area contributed by atoms with E-state index < -0.39 is 10.0 Å². The standard InChI is InChI=1S/C20H32N2O4S/c1-26-19-11-7-8-17(16-19)12-14-22(27(2,24)25)15-13-20(23)21-18-9-5-3-4-6-10-18/h7-8,11,16,18H,3-6,9-10,12-15H2,1-2H3,(H,21,23). The predicted octanol–water partition coefficient (Wildman–Crippen LogP) is 2.73. The van der Waals surface area contributed by atoms with Gasteiger partial charge in [0.05, 0.1) is 13.4 Å². The average molecular weight is 397 g/mol. The number of rotatable bonds is 9. The van der Waals surface area contributed by atoms with Crippen LogP contribution in [0.3, 0.4) is 0 Å². The maximum absolute atomic E-state index is 12.3. The first-order valence-electron chi connectivity index (χ1n) is 9.76. The summed E-state index contributed by atoms with van der Waals surface area (Å²) in [5.41, 5.74) is 1.01. The van der Waals surface area contributed by atoms with Crippen molar-refractivity contribution in [2.75, 3.05) is 26.5 Å². The van der Waals surface area contributed by atoms with Gasteiger partial charge in [-0.1, -0.05) is 37.8 Å².